The quantitative estimate of drug-likeness (QED) is 0.851. The van der Waals surface area contributed by atoms with Gasteiger partial charge in [0, 0.05) is 12.1 Å². The maximum atomic E-state index is 13.0. The van der Waals surface area contributed by atoms with Gasteiger partial charge in [-0.25, -0.2) is 8.42 Å². The lowest BCUT2D eigenvalue weighted by Crippen LogP contribution is -2.45. The van der Waals surface area contributed by atoms with Crippen molar-refractivity contribution >= 4 is 10.0 Å². The predicted octanol–water partition coefficient (Wildman–Crippen LogP) is 2.77. The van der Waals surface area contributed by atoms with Crippen molar-refractivity contribution in [1.29, 1.82) is 0 Å². The number of aryl methyl sites for hydroxylation is 1. The van der Waals surface area contributed by atoms with Crippen LogP contribution in [-0.2, 0) is 16.6 Å². The average Bonchev–Trinajstić information content (AvgIpc) is 2.37. The first kappa shape index (κ1) is 17.9. The summed E-state index contributed by atoms with van der Waals surface area (Å²) in [4.78, 5) is 0.253. The minimum atomic E-state index is -3.66. The minimum absolute atomic E-state index is 0.180. The molecule has 0 saturated heterocycles. The van der Waals surface area contributed by atoms with Crippen LogP contribution in [0.3, 0.4) is 0 Å². The zero-order chi connectivity index (χ0) is 16.4. The van der Waals surface area contributed by atoms with Crippen molar-refractivity contribution in [3.63, 3.8) is 0 Å². The van der Waals surface area contributed by atoms with Crippen molar-refractivity contribution in [2.75, 3.05) is 6.54 Å². The molecule has 1 aromatic rings. The third-order valence-electron chi connectivity index (χ3n) is 3.47. The van der Waals surface area contributed by atoms with Crippen LogP contribution < -0.4 is 0 Å². The van der Waals surface area contributed by atoms with Crippen LogP contribution in [0.15, 0.2) is 29.7 Å². The average molecular weight is 311 g/mol. The molecular weight excluding hydrogens is 286 g/mol. The zero-order valence-corrected chi connectivity index (χ0v) is 14.3. The van der Waals surface area contributed by atoms with E-state index in [-0.39, 0.29) is 18.0 Å². The number of rotatable bonds is 5. The first-order valence-electron chi connectivity index (χ1n) is 6.90. The third-order valence-corrected chi connectivity index (χ3v) is 5.73. The molecule has 0 fully saturated rings. The molecule has 0 aliphatic heterocycles. The molecule has 0 aliphatic rings. The van der Waals surface area contributed by atoms with E-state index in [0.717, 1.165) is 5.56 Å². The Balaban J connectivity index is 3.55. The molecule has 0 unspecified atom stereocenters. The lowest BCUT2D eigenvalue weighted by molar-refractivity contribution is 0.269. The van der Waals surface area contributed by atoms with Crippen LogP contribution >= 0.6 is 0 Å². The van der Waals surface area contributed by atoms with Gasteiger partial charge in [-0.15, -0.1) is 6.58 Å². The largest absolute Gasteiger partial charge is 0.392 e. The van der Waals surface area contributed by atoms with E-state index in [0.29, 0.717) is 11.1 Å². The summed E-state index contributed by atoms with van der Waals surface area (Å²) in [6, 6.07) is 3.36. The van der Waals surface area contributed by atoms with Gasteiger partial charge >= 0.3 is 0 Å². The number of hydrogen-bond donors (Lipinski definition) is 1. The Kier molecular flexibility index (Phi) is 5.36. The van der Waals surface area contributed by atoms with Crippen molar-refractivity contribution in [2.45, 2.75) is 51.7 Å². The van der Waals surface area contributed by atoms with Crippen molar-refractivity contribution in [1.82, 2.24) is 4.31 Å². The second-order valence-corrected chi connectivity index (χ2v) is 8.02. The molecule has 0 aromatic heterocycles. The molecule has 21 heavy (non-hydrogen) atoms. The maximum Gasteiger partial charge on any atom is 0.244 e. The number of aliphatic hydroxyl groups excluding tert-OH is 1. The lowest BCUT2D eigenvalue weighted by atomic mass is 10.1. The van der Waals surface area contributed by atoms with Crippen LogP contribution in [0.25, 0.3) is 0 Å². The van der Waals surface area contributed by atoms with E-state index in [1.807, 2.05) is 33.8 Å². The number of nitrogens with zero attached hydrogens (tertiary/aromatic N) is 1. The molecule has 1 rings (SSSR count). The van der Waals surface area contributed by atoms with Crippen LogP contribution in [0.4, 0.5) is 0 Å². The first-order valence-corrected chi connectivity index (χ1v) is 8.34. The SMILES string of the molecule is C=CCN(C(C)(C)C)S(=O)(=O)c1cc(CO)cc(C)c1C. The van der Waals surface area contributed by atoms with Gasteiger partial charge in [0.05, 0.1) is 11.5 Å². The molecule has 0 bridgehead atoms. The van der Waals surface area contributed by atoms with Crippen LogP contribution in [0.1, 0.15) is 37.5 Å². The highest BCUT2D eigenvalue weighted by atomic mass is 32.2. The number of sulfonamides is 1. The molecule has 0 heterocycles. The van der Waals surface area contributed by atoms with Gasteiger partial charge in [0.25, 0.3) is 0 Å². The van der Waals surface area contributed by atoms with Crippen LogP contribution in [-0.4, -0.2) is 29.9 Å². The Bertz CT molecular complexity index is 628. The highest BCUT2D eigenvalue weighted by Gasteiger charge is 2.34. The zero-order valence-electron chi connectivity index (χ0n) is 13.5. The summed E-state index contributed by atoms with van der Waals surface area (Å²) >= 11 is 0. The van der Waals surface area contributed by atoms with E-state index in [1.54, 1.807) is 19.1 Å². The molecule has 118 valence electrons. The third kappa shape index (κ3) is 3.73. The van der Waals surface area contributed by atoms with Crippen molar-refractivity contribution in [3.8, 4) is 0 Å². The van der Waals surface area contributed by atoms with Gasteiger partial charge < -0.3 is 5.11 Å². The minimum Gasteiger partial charge on any atom is -0.392 e. The molecule has 0 atom stereocenters. The fourth-order valence-electron chi connectivity index (χ4n) is 2.23. The molecule has 0 aliphatic carbocycles. The summed E-state index contributed by atoms with van der Waals surface area (Å²) in [5.74, 6) is 0. The van der Waals surface area contributed by atoms with E-state index in [9.17, 15) is 13.5 Å². The first-order chi connectivity index (χ1) is 9.55. The van der Waals surface area contributed by atoms with Gasteiger partial charge in [-0.2, -0.15) is 4.31 Å². The van der Waals surface area contributed by atoms with Gasteiger partial charge in [-0.05, 0) is 57.4 Å². The summed E-state index contributed by atoms with van der Waals surface area (Å²) < 4.78 is 27.4. The Hall–Kier alpha value is -1.17. The fraction of sp³-hybridized carbons (Fsp3) is 0.500. The summed E-state index contributed by atoms with van der Waals surface area (Å²) in [7, 11) is -3.66. The molecule has 1 N–H and O–H groups in total. The van der Waals surface area contributed by atoms with Crippen LogP contribution in [0, 0.1) is 13.8 Å². The van der Waals surface area contributed by atoms with Crippen molar-refractivity contribution < 1.29 is 13.5 Å². The van der Waals surface area contributed by atoms with Crippen LogP contribution in [0.5, 0.6) is 0 Å². The topological polar surface area (TPSA) is 57.6 Å². The van der Waals surface area contributed by atoms with Crippen molar-refractivity contribution in [3.05, 3.63) is 41.5 Å². The maximum absolute atomic E-state index is 13.0. The Morgan fingerprint density at radius 3 is 2.29 bits per heavy atom. The highest BCUT2D eigenvalue weighted by Crippen LogP contribution is 2.29. The second-order valence-electron chi connectivity index (χ2n) is 6.19. The molecule has 5 heteroatoms. The monoisotopic (exact) mass is 311 g/mol. The number of benzene rings is 1. The van der Waals surface area contributed by atoms with E-state index in [1.165, 1.54) is 4.31 Å². The highest BCUT2D eigenvalue weighted by molar-refractivity contribution is 7.89. The van der Waals surface area contributed by atoms with Gasteiger partial charge in [0.15, 0.2) is 0 Å². The molecule has 0 saturated carbocycles. The standard InChI is InChI=1S/C16H25NO3S/c1-7-8-17(16(4,5)6)21(19,20)15-10-14(11-18)9-12(2)13(15)3/h7,9-10,18H,1,8,11H2,2-6H3. The molecule has 0 radical (unpaired) electrons. The van der Waals surface area contributed by atoms with E-state index in [4.69, 9.17) is 0 Å². The van der Waals surface area contributed by atoms with Gasteiger partial charge in [-0.3, -0.25) is 0 Å². The Morgan fingerprint density at radius 1 is 1.29 bits per heavy atom. The molecular formula is C16H25NO3S. The summed E-state index contributed by atoms with van der Waals surface area (Å²) in [5.41, 5.74) is 1.62. The number of hydrogen-bond acceptors (Lipinski definition) is 3. The summed E-state index contributed by atoms with van der Waals surface area (Å²) in [6.45, 7) is 12.9. The molecule has 0 spiro atoms. The Labute approximate surface area is 128 Å². The van der Waals surface area contributed by atoms with Gasteiger partial charge in [-0.1, -0.05) is 12.1 Å². The van der Waals surface area contributed by atoms with E-state index < -0.39 is 15.6 Å². The normalized spacial score (nSPS) is 12.7. The molecule has 1 aromatic carbocycles. The van der Waals surface area contributed by atoms with E-state index in [2.05, 4.69) is 6.58 Å². The van der Waals surface area contributed by atoms with Gasteiger partial charge in [0.2, 0.25) is 10.0 Å². The lowest BCUT2D eigenvalue weighted by Gasteiger charge is -2.34. The van der Waals surface area contributed by atoms with Crippen molar-refractivity contribution in [2.24, 2.45) is 0 Å². The van der Waals surface area contributed by atoms with Gasteiger partial charge in [0.1, 0.15) is 0 Å². The summed E-state index contributed by atoms with van der Waals surface area (Å²) in [6.07, 6.45) is 1.58. The van der Waals surface area contributed by atoms with E-state index >= 15 is 0 Å². The molecule has 0 amide bonds. The molecule has 4 nitrogen and oxygen atoms in total. The summed E-state index contributed by atoms with van der Waals surface area (Å²) in [5, 5.41) is 9.32. The Morgan fingerprint density at radius 2 is 1.86 bits per heavy atom. The van der Waals surface area contributed by atoms with Crippen LogP contribution in [0.2, 0.25) is 0 Å². The second kappa shape index (κ2) is 6.30. The number of aliphatic hydroxyl groups is 1. The fourth-order valence-corrected chi connectivity index (χ4v) is 4.34. The smallest absolute Gasteiger partial charge is 0.244 e. The predicted molar refractivity (Wildman–Crippen MR) is 85.7 cm³/mol.